The van der Waals surface area contributed by atoms with E-state index in [-0.39, 0.29) is 12.4 Å². The van der Waals surface area contributed by atoms with E-state index in [0.717, 1.165) is 22.5 Å². The quantitative estimate of drug-likeness (QED) is 0.383. The van der Waals surface area contributed by atoms with Crippen molar-refractivity contribution in [3.05, 3.63) is 84.9 Å². The van der Waals surface area contributed by atoms with Crippen molar-refractivity contribution in [3.8, 4) is 32.0 Å². The van der Waals surface area contributed by atoms with Crippen molar-refractivity contribution in [1.29, 1.82) is 0 Å². The average Bonchev–Trinajstić information content (AvgIpc) is 2.74. The molecule has 0 radical (unpaired) electrons. The summed E-state index contributed by atoms with van der Waals surface area (Å²) in [5.74, 6) is 0. The molecule has 3 aromatic carbocycles. The summed E-state index contributed by atoms with van der Waals surface area (Å²) in [5, 5.41) is 0. The first-order valence-electron chi connectivity index (χ1n) is 9.47. The van der Waals surface area contributed by atoms with Crippen LogP contribution in [0.2, 0.25) is 0 Å². The molecule has 0 unspecified atom stereocenters. The molecule has 0 fully saturated rings. The van der Waals surface area contributed by atoms with Crippen LogP contribution in [0.4, 0.5) is 17.1 Å². The molecule has 4 aromatic rings. The number of anilines is 3. The fourth-order valence-corrected chi connectivity index (χ4v) is 4.32. The summed E-state index contributed by atoms with van der Waals surface area (Å²) >= 11 is 1.77. The minimum absolute atomic E-state index is 0. The van der Waals surface area contributed by atoms with Gasteiger partial charge in [0.05, 0.1) is 0 Å². The van der Waals surface area contributed by atoms with E-state index in [1.54, 1.807) is 11.3 Å². The van der Waals surface area contributed by atoms with E-state index >= 15 is 0 Å². The Morgan fingerprint density at radius 1 is 0.567 bits per heavy atom. The Balaban J connectivity index is 0.00000256. The van der Waals surface area contributed by atoms with Crippen molar-refractivity contribution in [2.75, 3.05) is 30.5 Å². The minimum atomic E-state index is 0. The fraction of sp³-hybridized carbons (Fsp3) is 0.0800. The lowest BCUT2D eigenvalue weighted by Crippen LogP contribution is -3.00. The minimum Gasteiger partial charge on any atom is -1.00 e. The number of nitrogens with two attached hydrogens (primary N) is 2. The fourth-order valence-electron chi connectivity index (χ4n) is 3.20. The second kappa shape index (κ2) is 9.16. The van der Waals surface area contributed by atoms with Crippen LogP contribution in [0.5, 0.6) is 0 Å². The van der Waals surface area contributed by atoms with Gasteiger partial charge < -0.3 is 28.8 Å². The smallest absolute Gasteiger partial charge is 0.239 e. The highest BCUT2D eigenvalue weighted by Crippen LogP contribution is 2.38. The summed E-state index contributed by atoms with van der Waals surface area (Å²) < 4.78 is 0. The summed E-state index contributed by atoms with van der Waals surface area (Å²) in [5.41, 5.74) is 19.2. The third-order valence-electron chi connectivity index (χ3n) is 4.90. The Bertz CT molecular complexity index is 1060. The maximum absolute atomic E-state index is 5.89. The van der Waals surface area contributed by atoms with E-state index < -0.39 is 0 Å². The molecule has 5 heteroatoms. The second-order valence-electron chi connectivity index (χ2n) is 7.26. The normalized spacial score (nSPS) is 10.3. The molecule has 0 aliphatic heterocycles. The van der Waals surface area contributed by atoms with Gasteiger partial charge in [-0.15, -0.1) is 0 Å². The maximum atomic E-state index is 5.89. The van der Waals surface area contributed by atoms with E-state index in [1.165, 1.54) is 26.6 Å². The number of hydrogen-bond donors (Lipinski definition) is 2. The first kappa shape index (κ1) is 21.6. The number of halogens is 1. The van der Waals surface area contributed by atoms with Crippen LogP contribution in [0.15, 0.2) is 84.9 Å². The zero-order chi connectivity index (χ0) is 20.4. The van der Waals surface area contributed by atoms with Crippen LogP contribution in [0.25, 0.3) is 32.0 Å². The van der Waals surface area contributed by atoms with E-state index in [9.17, 15) is 0 Å². The third kappa shape index (κ3) is 4.73. The van der Waals surface area contributed by atoms with E-state index in [1.807, 2.05) is 24.3 Å². The monoisotopic (exact) mass is 433 g/mol. The van der Waals surface area contributed by atoms with Crippen molar-refractivity contribution in [2.45, 2.75) is 0 Å². The number of nitrogens with zero attached hydrogens (tertiary/aromatic N) is 1. The summed E-state index contributed by atoms with van der Waals surface area (Å²) in [7, 11) is 4.11. The highest BCUT2D eigenvalue weighted by molar-refractivity contribution is 7.18. The largest absolute Gasteiger partial charge is 1.00 e. The number of benzene rings is 3. The molecule has 30 heavy (non-hydrogen) atoms. The molecule has 0 atom stereocenters. The Labute approximate surface area is 188 Å². The number of nitrogen functional groups attached to an aromatic ring is 2. The Morgan fingerprint density at radius 3 is 1.37 bits per heavy atom. The molecule has 0 aliphatic carbocycles. The lowest BCUT2D eigenvalue weighted by atomic mass is 10.0. The molecule has 152 valence electrons. The number of hydrogen-bond acceptors (Lipinski definition) is 3. The third-order valence-corrected chi connectivity index (χ3v) is 6.05. The molecular weight excluding hydrogens is 410 g/mol. The highest BCUT2D eigenvalue weighted by atomic mass is 35.5. The standard InChI is InChI=1S/C25H24N3S.ClH/c1-28(2)23-13-7-17(8-14-23)20-15-24(18-3-9-21(26)10-4-18)29-25(16-20)19-5-11-22(27)12-6-19;/h3-16H,26-27H2,1-2H3;1H/q+1;/p-1. The predicted molar refractivity (Wildman–Crippen MR) is 128 cm³/mol. The molecule has 4 N–H and O–H groups in total. The molecule has 0 aliphatic rings. The average molecular weight is 434 g/mol. The molecule has 0 saturated heterocycles. The molecule has 0 spiro atoms. The van der Waals surface area contributed by atoms with Crippen LogP contribution in [0, 0.1) is 0 Å². The first-order valence-corrected chi connectivity index (χ1v) is 10.3. The molecule has 1 heterocycles. The van der Waals surface area contributed by atoms with Crippen LogP contribution < -0.4 is 28.8 Å². The number of rotatable bonds is 4. The summed E-state index contributed by atoms with van der Waals surface area (Å²) in [6.45, 7) is 0. The van der Waals surface area contributed by atoms with Crippen molar-refractivity contribution in [2.24, 2.45) is 0 Å². The molecule has 3 nitrogen and oxygen atoms in total. The predicted octanol–water partition coefficient (Wildman–Crippen LogP) is 3.26. The van der Waals surface area contributed by atoms with Gasteiger partial charge in [0.1, 0.15) is 0 Å². The maximum Gasteiger partial charge on any atom is 0.239 e. The molecule has 4 rings (SSSR count). The van der Waals surface area contributed by atoms with Crippen LogP contribution in [0.1, 0.15) is 0 Å². The van der Waals surface area contributed by atoms with Gasteiger partial charge in [-0.05, 0) is 71.8 Å². The Kier molecular flexibility index (Phi) is 6.60. The Morgan fingerprint density at radius 2 is 0.967 bits per heavy atom. The SMILES string of the molecule is CN(C)c1ccc(-c2cc(-c3ccc(N)cc3)[s+]c(-c3ccc(N)cc3)c2)cc1.[Cl-]. The van der Waals surface area contributed by atoms with Gasteiger partial charge in [-0.1, -0.05) is 12.1 Å². The van der Waals surface area contributed by atoms with E-state index in [2.05, 4.69) is 79.7 Å². The zero-order valence-corrected chi connectivity index (χ0v) is 18.5. The van der Waals surface area contributed by atoms with Gasteiger partial charge in [0.15, 0.2) is 0 Å². The topological polar surface area (TPSA) is 55.3 Å². The second-order valence-corrected chi connectivity index (χ2v) is 8.34. The van der Waals surface area contributed by atoms with Crippen LogP contribution in [0.3, 0.4) is 0 Å². The lowest BCUT2D eigenvalue weighted by Gasteiger charge is -2.12. The van der Waals surface area contributed by atoms with Gasteiger partial charge in [-0.25, -0.2) is 0 Å². The molecule has 0 amide bonds. The summed E-state index contributed by atoms with van der Waals surface area (Å²) in [6.07, 6.45) is 0. The van der Waals surface area contributed by atoms with Crippen molar-refractivity contribution in [1.82, 2.24) is 0 Å². The molecule has 0 saturated carbocycles. The van der Waals surface area contributed by atoms with Crippen LogP contribution in [-0.2, 0) is 0 Å². The van der Waals surface area contributed by atoms with Crippen LogP contribution >= 0.6 is 11.3 Å². The zero-order valence-electron chi connectivity index (χ0n) is 17.0. The lowest BCUT2D eigenvalue weighted by molar-refractivity contribution is -0.00000567. The van der Waals surface area contributed by atoms with Gasteiger partial charge in [-0.3, -0.25) is 0 Å². The van der Waals surface area contributed by atoms with Crippen molar-refractivity contribution in [3.63, 3.8) is 0 Å². The van der Waals surface area contributed by atoms with Gasteiger partial charge in [0, 0.05) is 54.4 Å². The molecule has 0 bridgehead atoms. The molecular formula is C25H24ClN3S. The van der Waals surface area contributed by atoms with E-state index in [0.29, 0.717) is 0 Å². The first-order chi connectivity index (χ1) is 14.0. The summed E-state index contributed by atoms with van der Waals surface area (Å²) in [4.78, 5) is 4.51. The highest BCUT2D eigenvalue weighted by Gasteiger charge is 2.19. The van der Waals surface area contributed by atoms with Gasteiger partial charge in [0.2, 0.25) is 21.1 Å². The van der Waals surface area contributed by atoms with Crippen molar-refractivity contribution < 1.29 is 12.4 Å². The summed E-state index contributed by atoms with van der Waals surface area (Å²) in [6, 6.07) is 29.3. The van der Waals surface area contributed by atoms with Gasteiger partial charge >= 0.3 is 0 Å². The van der Waals surface area contributed by atoms with Crippen LogP contribution in [-0.4, -0.2) is 14.1 Å². The van der Waals surface area contributed by atoms with Gasteiger partial charge in [0.25, 0.3) is 0 Å². The molecule has 1 aromatic heterocycles. The van der Waals surface area contributed by atoms with Gasteiger partial charge in [-0.2, -0.15) is 0 Å². The van der Waals surface area contributed by atoms with E-state index in [4.69, 9.17) is 11.5 Å². The Hall–Kier alpha value is -3.08. The van der Waals surface area contributed by atoms with Crippen molar-refractivity contribution >= 4 is 28.4 Å².